The molecule has 1 aliphatic heterocycles. The molecule has 0 unspecified atom stereocenters. The number of nitrogens with zero attached hydrogens (tertiary/aromatic N) is 1. The highest BCUT2D eigenvalue weighted by molar-refractivity contribution is 9.10. The molecule has 21 heavy (non-hydrogen) atoms. The molecule has 0 atom stereocenters. The Balaban J connectivity index is 1.96. The third-order valence-electron chi connectivity index (χ3n) is 3.74. The van der Waals surface area contributed by atoms with E-state index in [0.717, 1.165) is 15.7 Å². The highest BCUT2D eigenvalue weighted by atomic mass is 79.9. The topological polar surface area (TPSA) is 66.5 Å². The summed E-state index contributed by atoms with van der Waals surface area (Å²) >= 11 is 3.39. The molecule has 0 saturated carbocycles. The minimum Gasteiger partial charge on any atom is -0.326 e. The number of aryl methyl sites for hydroxylation is 1. The van der Waals surface area contributed by atoms with Crippen molar-refractivity contribution in [3.05, 3.63) is 28.2 Å². The lowest BCUT2D eigenvalue weighted by Crippen LogP contribution is -2.40. The quantitative estimate of drug-likeness (QED) is 0.882. The van der Waals surface area contributed by atoms with Crippen LogP contribution in [0.3, 0.4) is 0 Å². The van der Waals surface area contributed by atoms with E-state index in [9.17, 15) is 13.2 Å². The van der Waals surface area contributed by atoms with Crippen molar-refractivity contribution in [3.63, 3.8) is 0 Å². The van der Waals surface area contributed by atoms with Crippen molar-refractivity contribution in [2.75, 3.05) is 24.7 Å². The van der Waals surface area contributed by atoms with Crippen LogP contribution in [-0.4, -0.2) is 38.0 Å². The minimum absolute atomic E-state index is 0.0337. The number of amides is 1. The van der Waals surface area contributed by atoms with Crippen LogP contribution in [0.2, 0.25) is 0 Å². The third kappa shape index (κ3) is 4.28. The van der Waals surface area contributed by atoms with E-state index >= 15 is 0 Å². The Morgan fingerprint density at radius 2 is 1.95 bits per heavy atom. The number of halogens is 1. The van der Waals surface area contributed by atoms with Crippen LogP contribution in [0.1, 0.15) is 18.4 Å². The van der Waals surface area contributed by atoms with Gasteiger partial charge in [-0.3, -0.25) is 4.79 Å². The van der Waals surface area contributed by atoms with Gasteiger partial charge in [-0.15, -0.1) is 0 Å². The Labute approximate surface area is 133 Å². The van der Waals surface area contributed by atoms with Gasteiger partial charge in [-0.05, 0) is 43.5 Å². The third-order valence-corrected chi connectivity index (χ3v) is 5.54. The number of sulfonamides is 1. The summed E-state index contributed by atoms with van der Waals surface area (Å²) in [5.41, 5.74) is 1.79. The molecule has 0 spiro atoms. The number of carbonyl (C=O) groups is 1. The molecule has 2 rings (SSSR count). The Bertz CT molecular complexity index is 638. The number of hydrogen-bond acceptors (Lipinski definition) is 3. The lowest BCUT2D eigenvalue weighted by molar-refractivity contribution is -0.120. The van der Waals surface area contributed by atoms with Gasteiger partial charge in [0.2, 0.25) is 15.9 Å². The molecule has 0 aliphatic carbocycles. The standard InChI is InChI=1S/C14H19BrN2O3S/c1-10-9-12(15)3-4-13(10)16-14(18)11-5-7-17(8-6-11)21(2,19)20/h3-4,9,11H,5-8H2,1-2H3,(H,16,18). The van der Waals surface area contributed by atoms with Crippen molar-refractivity contribution in [1.82, 2.24) is 4.31 Å². The molecular weight excluding hydrogens is 356 g/mol. The summed E-state index contributed by atoms with van der Waals surface area (Å²) in [5, 5.41) is 2.93. The van der Waals surface area contributed by atoms with E-state index in [2.05, 4.69) is 21.2 Å². The zero-order valence-electron chi connectivity index (χ0n) is 12.1. The molecule has 1 amide bonds. The summed E-state index contributed by atoms with van der Waals surface area (Å²) in [5.74, 6) is -0.167. The summed E-state index contributed by atoms with van der Waals surface area (Å²) in [6.07, 6.45) is 2.33. The highest BCUT2D eigenvalue weighted by Gasteiger charge is 2.29. The van der Waals surface area contributed by atoms with Crippen LogP contribution in [0.5, 0.6) is 0 Å². The number of benzene rings is 1. The molecule has 1 N–H and O–H groups in total. The van der Waals surface area contributed by atoms with Crippen molar-refractivity contribution in [3.8, 4) is 0 Å². The fourth-order valence-electron chi connectivity index (χ4n) is 2.45. The Morgan fingerprint density at radius 3 is 2.48 bits per heavy atom. The zero-order valence-corrected chi connectivity index (χ0v) is 14.5. The maximum Gasteiger partial charge on any atom is 0.227 e. The molecule has 1 heterocycles. The van der Waals surface area contributed by atoms with Gasteiger partial charge >= 0.3 is 0 Å². The van der Waals surface area contributed by atoms with Crippen molar-refractivity contribution in [2.24, 2.45) is 5.92 Å². The van der Waals surface area contributed by atoms with E-state index in [1.807, 2.05) is 25.1 Å². The first-order valence-electron chi connectivity index (χ1n) is 6.79. The van der Waals surface area contributed by atoms with Crippen LogP contribution >= 0.6 is 15.9 Å². The van der Waals surface area contributed by atoms with Gasteiger partial charge in [0.25, 0.3) is 0 Å². The maximum atomic E-state index is 12.3. The average Bonchev–Trinajstić information content (AvgIpc) is 2.41. The fraction of sp³-hybridized carbons (Fsp3) is 0.500. The normalized spacial score (nSPS) is 17.7. The van der Waals surface area contributed by atoms with Crippen molar-refractivity contribution < 1.29 is 13.2 Å². The molecular formula is C14H19BrN2O3S. The van der Waals surface area contributed by atoms with Gasteiger partial charge in [0, 0.05) is 29.2 Å². The molecule has 1 saturated heterocycles. The molecule has 7 heteroatoms. The smallest absolute Gasteiger partial charge is 0.227 e. The van der Waals surface area contributed by atoms with Gasteiger partial charge in [0.05, 0.1) is 6.26 Å². The summed E-state index contributed by atoms with van der Waals surface area (Å²) in [7, 11) is -3.15. The van der Waals surface area contributed by atoms with E-state index in [0.29, 0.717) is 25.9 Å². The number of hydrogen-bond donors (Lipinski definition) is 1. The number of carbonyl (C=O) groups excluding carboxylic acids is 1. The monoisotopic (exact) mass is 374 g/mol. The maximum absolute atomic E-state index is 12.3. The van der Waals surface area contributed by atoms with Gasteiger partial charge < -0.3 is 5.32 Å². The SMILES string of the molecule is Cc1cc(Br)ccc1NC(=O)C1CCN(S(C)(=O)=O)CC1. The van der Waals surface area contributed by atoms with Crippen LogP contribution in [-0.2, 0) is 14.8 Å². The molecule has 1 aromatic carbocycles. The number of rotatable bonds is 3. The van der Waals surface area contributed by atoms with Crippen molar-refractivity contribution in [2.45, 2.75) is 19.8 Å². The minimum atomic E-state index is -3.15. The number of nitrogens with one attached hydrogen (secondary N) is 1. The second-order valence-corrected chi connectivity index (χ2v) is 8.28. The Kier molecular flexibility index (Phi) is 5.06. The summed E-state index contributed by atoms with van der Waals surface area (Å²) in [6.45, 7) is 2.76. The first-order chi connectivity index (χ1) is 9.77. The summed E-state index contributed by atoms with van der Waals surface area (Å²) in [4.78, 5) is 12.3. The van der Waals surface area contributed by atoms with Crippen LogP contribution in [0.15, 0.2) is 22.7 Å². The van der Waals surface area contributed by atoms with Crippen LogP contribution in [0.4, 0.5) is 5.69 Å². The predicted octanol–water partition coefficient (Wildman–Crippen LogP) is 2.37. The molecule has 116 valence electrons. The van der Waals surface area contributed by atoms with Gasteiger partial charge in [0.1, 0.15) is 0 Å². The molecule has 0 aromatic heterocycles. The van der Waals surface area contributed by atoms with Crippen molar-refractivity contribution >= 4 is 37.5 Å². The van der Waals surface area contributed by atoms with Gasteiger partial charge in [-0.1, -0.05) is 15.9 Å². The van der Waals surface area contributed by atoms with Gasteiger partial charge in [-0.25, -0.2) is 12.7 Å². The van der Waals surface area contributed by atoms with Gasteiger partial charge in [-0.2, -0.15) is 0 Å². The number of piperidine rings is 1. The van der Waals surface area contributed by atoms with Crippen LogP contribution in [0.25, 0.3) is 0 Å². The number of anilines is 1. The van der Waals surface area contributed by atoms with Crippen LogP contribution < -0.4 is 5.32 Å². The summed E-state index contributed by atoms with van der Waals surface area (Å²) in [6, 6.07) is 5.69. The molecule has 1 aromatic rings. The Hall–Kier alpha value is -0.920. The van der Waals surface area contributed by atoms with Crippen molar-refractivity contribution in [1.29, 1.82) is 0 Å². The van der Waals surface area contributed by atoms with E-state index in [1.165, 1.54) is 10.6 Å². The second-order valence-electron chi connectivity index (χ2n) is 5.38. The molecule has 0 radical (unpaired) electrons. The van der Waals surface area contributed by atoms with E-state index in [4.69, 9.17) is 0 Å². The molecule has 5 nitrogen and oxygen atoms in total. The molecule has 0 bridgehead atoms. The van der Waals surface area contributed by atoms with E-state index < -0.39 is 10.0 Å². The highest BCUT2D eigenvalue weighted by Crippen LogP contribution is 2.24. The van der Waals surface area contributed by atoms with E-state index in [1.54, 1.807) is 0 Å². The lowest BCUT2D eigenvalue weighted by Gasteiger charge is -2.29. The first-order valence-corrected chi connectivity index (χ1v) is 9.43. The van der Waals surface area contributed by atoms with E-state index in [-0.39, 0.29) is 11.8 Å². The van der Waals surface area contributed by atoms with Gasteiger partial charge in [0.15, 0.2) is 0 Å². The largest absolute Gasteiger partial charge is 0.326 e. The summed E-state index contributed by atoms with van der Waals surface area (Å²) < 4.78 is 25.3. The first kappa shape index (κ1) is 16.5. The lowest BCUT2D eigenvalue weighted by atomic mass is 9.97. The fourth-order valence-corrected chi connectivity index (χ4v) is 3.80. The zero-order chi connectivity index (χ0) is 15.6. The second kappa shape index (κ2) is 6.46. The Morgan fingerprint density at radius 1 is 1.33 bits per heavy atom. The predicted molar refractivity (Wildman–Crippen MR) is 86.6 cm³/mol. The molecule has 1 fully saturated rings. The average molecular weight is 375 g/mol. The molecule has 1 aliphatic rings. The van der Waals surface area contributed by atoms with Crippen LogP contribution in [0, 0.1) is 12.8 Å².